The predicted octanol–water partition coefficient (Wildman–Crippen LogP) is 4.07. The molecule has 0 aliphatic carbocycles. The van der Waals surface area contributed by atoms with Gasteiger partial charge in [0.1, 0.15) is 17.3 Å². The zero-order chi connectivity index (χ0) is 19.4. The molecule has 140 valence electrons. The first kappa shape index (κ1) is 18.6. The Morgan fingerprint density at radius 1 is 1.15 bits per heavy atom. The fraction of sp³-hybridized carbons (Fsp3) is 0.238. The minimum absolute atomic E-state index is 0.222. The van der Waals surface area contributed by atoms with Crippen LogP contribution in [0.5, 0.6) is 5.75 Å². The summed E-state index contributed by atoms with van der Waals surface area (Å²) in [5.41, 5.74) is 2.52. The maximum Gasteiger partial charge on any atom is 0.270 e. The summed E-state index contributed by atoms with van der Waals surface area (Å²) in [6.45, 7) is 4.62. The quantitative estimate of drug-likeness (QED) is 0.714. The van der Waals surface area contributed by atoms with Gasteiger partial charge in [-0.05, 0) is 60.5 Å². The number of aromatic nitrogens is 2. The third-order valence-corrected chi connectivity index (χ3v) is 4.07. The maximum absolute atomic E-state index is 13.3. The molecule has 0 aliphatic heterocycles. The smallest absolute Gasteiger partial charge is 0.270 e. The van der Waals surface area contributed by atoms with E-state index in [9.17, 15) is 9.18 Å². The molecule has 0 unspecified atom stereocenters. The number of ether oxygens (including phenoxy) is 1. The van der Waals surface area contributed by atoms with Gasteiger partial charge in [0.05, 0.1) is 18.5 Å². The van der Waals surface area contributed by atoms with Gasteiger partial charge in [-0.15, -0.1) is 0 Å². The molecule has 0 fully saturated rings. The predicted molar refractivity (Wildman–Crippen MR) is 103 cm³/mol. The molecule has 3 rings (SSSR count). The largest absolute Gasteiger partial charge is 0.497 e. The van der Waals surface area contributed by atoms with Crippen LogP contribution in [0.4, 0.5) is 4.39 Å². The summed E-state index contributed by atoms with van der Waals surface area (Å²) >= 11 is 0. The molecule has 1 N–H and O–H groups in total. The Bertz CT molecular complexity index is 916. The van der Waals surface area contributed by atoms with Crippen LogP contribution in [0.15, 0.2) is 54.6 Å². The van der Waals surface area contributed by atoms with Gasteiger partial charge >= 0.3 is 0 Å². The molecule has 0 atom stereocenters. The molecule has 27 heavy (non-hydrogen) atoms. The zero-order valence-electron chi connectivity index (χ0n) is 15.6. The average Bonchev–Trinajstić information content (AvgIpc) is 3.12. The number of amides is 1. The molecule has 0 radical (unpaired) electrons. The Morgan fingerprint density at radius 2 is 1.81 bits per heavy atom. The lowest BCUT2D eigenvalue weighted by Gasteiger charge is -2.09. The van der Waals surface area contributed by atoms with Gasteiger partial charge in [0.15, 0.2) is 0 Å². The Labute approximate surface area is 157 Å². The lowest BCUT2D eigenvalue weighted by Crippen LogP contribution is -2.29. The molecule has 5 nitrogen and oxygen atoms in total. The lowest BCUT2D eigenvalue weighted by atomic mass is 10.1. The SMILES string of the molecule is COc1ccc(-c2cc(C(=O)NCC(C)C)n(-c3ccc(F)cc3)n2)cc1. The molecule has 0 aliphatic rings. The van der Waals surface area contributed by atoms with Crippen molar-refractivity contribution in [3.05, 3.63) is 66.1 Å². The van der Waals surface area contributed by atoms with Crippen molar-refractivity contribution < 1.29 is 13.9 Å². The van der Waals surface area contributed by atoms with Crippen molar-refractivity contribution in [1.29, 1.82) is 0 Å². The number of benzene rings is 2. The summed E-state index contributed by atoms with van der Waals surface area (Å²) in [7, 11) is 1.61. The highest BCUT2D eigenvalue weighted by atomic mass is 19.1. The van der Waals surface area contributed by atoms with Gasteiger partial charge in [0, 0.05) is 12.1 Å². The van der Waals surface area contributed by atoms with Crippen molar-refractivity contribution in [3.8, 4) is 22.7 Å². The monoisotopic (exact) mass is 367 g/mol. The fourth-order valence-corrected chi connectivity index (χ4v) is 2.61. The van der Waals surface area contributed by atoms with Crippen molar-refractivity contribution >= 4 is 5.91 Å². The van der Waals surface area contributed by atoms with Crippen LogP contribution in [0, 0.1) is 11.7 Å². The first-order chi connectivity index (χ1) is 13.0. The second kappa shape index (κ2) is 8.03. The molecule has 1 heterocycles. The van der Waals surface area contributed by atoms with Crippen LogP contribution in [0.3, 0.4) is 0 Å². The van der Waals surface area contributed by atoms with Crippen LogP contribution in [-0.4, -0.2) is 29.3 Å². The molecule has 0 saturated heterocycles. The van der Waals surface area contributed by atoms with E-state index in [-0.39, 0.29) is 11.7 Å². The van der Waals surface area contributed by atoms with E-state index in [0.717, 1.165) is 11.3 Å². The number of halogens is 1. The van der Waals surface area contributed by atoms with Crippen LogP contribution in [-0.2, 0) is 0 Å². The van der Waals surface area contributed by atoms with E-state index in [0.29, 0.717) is 29.5 Å². The van der Waals surface area contributed by atoms with Crippen molar-refractivity contribution in [2.24, 2.45) is 5.92 Å². The van der Waals surface area contributed by atoms with E-state index in [1.807, 2.05) is 38.1 Å². The van der Waals surface area contributed by atoms with Crippen molar-refractivity contribution in [3.63, 3.8) is 0 Å². The minimum atomic E-state index is -0.341. The standard InChI is InChI=1S/C21H22FN3O2/c1-14(2)13-23-21(26)20-12-19(15-4-10-18(27-3)11-5-15)24-25(20)17-8-6-16(22)7-9-17/h4-12,14H,13H2,1-3H3,(H,23,26). The third kappa shape index (κ3) is 4.34. The third-order valence-electron chi connectivity index (χ3n) is 4.07. The second-order valence-electron chi connectivity index (χ2n) is 6.64. The van der Waals surface area contributed by atoms with Crippen LogP contribution < -0.4 is 10.1 Å². The highest BCUT2D eigenvalue weighted by molar-refractivity contribution is 5.94. The van der Waals surface area contributed by atoms with Gasteiger partial charge < -0.3 is 10.1 Å². The number of carbonyl (C=O) groups is 1. The molecular weight excluding hydrogens is 345 g/mol. The van der Waals surface area contributed by atoms with Gasteiger partial charge in [-0.1, -0.05) is 13.8 Å². The number of rotatable bonds is 6. The zero-order valence-corrected chi connectivity index (χ0v) is 15.6. The molecule has 3 aromatic rings. The van der Waals surface area contributed by atoms with E-state index in [4.69, 9.17) is 4.74 Å². The normalized spacial score (nSPS) is 10.9. The second-order valence-corrected chi connectivity index (χ2v) is 6.64. The van der Waals surface area contributed by atoms with E-state index < -0.39 is 0 Å². The molecule has 1 amide bonds. The van der Waals surface area contributed by atoms with Crippen molar-refractivity contribution in [2.75, 3.05) is 13.7 Å². The lowest BCUT2D eigenvalue weighted by molar-refractivity contribution is 0.0941. The van der Waals surface area contributed by atoms with E-state index in [2.05, 4.69) is 10.4 Å². The number of nitrogens with zero attached hydrogens (tertiary/aromatic N) is 2. The molecular formula is C21H22FN3O2. The van der Waals surface area contributed by atoms with Crippen LogP contribution >= 0.6 is 0 Å². The van der Waals surface area contributed by atoms with Crippen LogP contribution in [0.1, 0.15) is 24.3 Å². The van der Waals surface area contributed by atoms with Gasteiger partial charge in [0.25, 0.3) is 5.91 Å². The summed E-state index contributed by atoms with van der Waals surface area (Å²) in [5, 5.41) is 7.49. The number of hydrogen-bond donors (Lipinski definition) is 1. The summed E-state index contributed by atoms with van der Waals surface area (Å²) in [4.78, 5) is 12.7. The number of hydrogen-bond acceptors (Lipinski definition) is 3. The highest BCUT2D eigenvalue weighted by Gasteiger charge is 2.18. The highest BCUT2D eigenvalue weighted by Crippen LogP contribution is 2.24. The van der Waals surface area contributed by atoms with Crippen molar-refractivity contribution in [2.45, 2.75) is 13.8 Å². The van der Waals surface area contributed by atoms with E-state index in [1.165, 1.54) is 16.8 Å². The first-order valence-electron chi connectivity index (χ1n) is 8.76. The maximum atomic E-state index is 13.3. The molecule has 0 bridgehead atoms. The van der Waals surface area contributed by atoms with Gasteiger partial charge in [-0.3, -0.25) is 4.79 Å². The van der Waals surface area contributed by atoms with Gasteiger partial charge in [-0.25, -0.2) is 9.07 Å². The summed E-state index contributed by atoms with van der Waals surface area (Å²) in [6, 6.07) is 15.1. The Balaban J connectivity index is 2.01. The number of carbonyl (C=O) groups excluding carboxylic acids is 1. The van der Waals surface area contributed by atoms with Gasteiger partial charge in [0.2, 0.25) is 0 Å². The van der Waals surface area contributed by atoms with Crippen LogP contribution in [0.2, 0.25) is 0 Å². The van der Waals surface area contributed by atoms with E-state index in [1.54, 1.807) is 25.3 Å². The summed E-state index contributed by atoms with van der Waals surface area (Å²) < 4.78 is 20.0. The summed E-state index contributed by atoms with van der Waals surface area (Å²) in [5.74, 6) is 0.510. The van der Waals surface area contributed by atoms with Gasteiger partial charge in [-0.2, -0.15) is 5.10 Å². The molecule has 6 heteroatoms. The Morgan fingerprint density at radius 3 is 2.41 bits per heavy atom. The van der Waals surface area contributed by atoms with Crippen molar-refractivity contribution in [1.82, 2.24) is 15.1 Å². The Kier molecular flexibility index (Phi) is 5.54. The molecule has 1 aromatic heterocycles. The van der Waals surface area contributed by atoms with Crippen LogP contribution in [0.25, 0.3) is 16.9 Å². The average molecular weight is 367 g/mol. The Hall–Kier alpha value is -3.15. The minimum Gasteiger partial charge on any atom is -0.497 e. The number of nitrogens with one attached hydrogen (secondary N) is 1. The summed E-state index contributed by atoms with van der Waals surface area (Å²) in [6.07, 6.45) is 0. The number of methoxy groups -OCH3 is 1. The molecule has 2 aromatic carbocycles. The fourth-order valence-electron chi connectivity index (χ4n) is 2.61. The molecule has 0 spiro atoms. The first-order valence-corrected chi connectivity index (χ1v) is 8.76. The molecule has 0 saturated carbocycles. The topological polar surface area (TPSA) is 56.1 Å². The van der Waals surface area contributed by atoms with E-state index >= 15 is 0 Å².